The Labute approximate surface area is 128 Å². The molecule has 1 aromatic carbocycles. The van der Waals surface area contributed by atoms with Crippen molar-refractivity contribution in [3.05, 3.63) is 40.2 Å². The molecule has 1 aromatic heterocycles. The van der Waals surface area contributed by atoms with Crippen molar-refractivity contribution in [3.8, 4) is 0 Å². The van der Waals surface area contributed by atoms with Crippen molar-refractivity contribution in [1.29, 1.82) is 0 Å². The number of anilines is 1. The van der Waals surface area contributed by atoms with E-state index in [1.165, 1.54) is 18.2 Å². The van der Waals surface area contributed by atoms with Crippen LogP contribution in [0, 0.1) is 13.8 Å². The Morgan fingerprint density at radius 3 is 2.57 bits per heavy atom. The molecule has 0 saturated heterocycles. The van der Waals surface area contributed by atoms with Gasteiger partial charge in [-0.25, -0.2) is 13.1 Å². The molecule has 2 aromatic rings. The van der Waals surface area contributed by atoms with Crippen molar-refractivity contribution < 1.29 is 12.9 Å². The van der Waals surface area contributed by atoms with E-state index in [-0.39, 0.29) is 9.92 Å². The predicted octanol–water partition coefficient (Wildman–Crippen LogP) is 2.57. The summed E-state index contributed by atoms with van der Waals surface area (Å²) in [4.78, 5) is -0.0167. The van der Waals surface area contributed by atoms with Gasteiger partial charge in [0, 0.05) is 17.3 Å². The number of sulfonamides is 1. The van der Waals surface area contributed by atoms with Gasteiger partial charge in [0.1, 0.15) is 10.7 Å². The van der Waals surface area contributed by atoms with Gasteiger partial charge in [-0.05, 0) is 39.0 Å². The minimum absolute atomic E-state index is 0.0167. The summed E-state index contributed by atoms with van der Waals surface area (Å²) in [5.41, 5.74) is 7.33. The summed E-state index contributed by atoms with van der Waals surface area (Å²) in [7, 11) is -3.77. The Morgan fingerprint density at radius 1 is 1.38 bits per heavy atom. The van der Waals surface area contributed by atoms with Gasteiger partial charge in [0.25, 0.3) is 0 Å². The molecule has 8 heteroatoms. The second kappa shape index (κ2) is 5.67. The maximum atomic E-state index is 12.4. The second-order valence-corrected chi connectivity index (χ2v) is 6.86. The van der Waals surface area contributed by atoms with Crippen LogP contribution in [0.1, 0.15) is 30.0 Å². The summed E-state index contributed by atoms with van der Waals surface area (Å²) >= 11 is 5.95. The maximum Gasteiger partial charge on any atom is 0.242 e. The number of aromatic nitrogens is 1. The topological polar surface area (TPSA) is 98.2 Å². The summed E-state index contributed by atoms with van der Waals surface area (Å²) in [5, 5.41) is 3.89. The molecule has 0 saturated carbocycles. The molecule has 21 heavy (non-hydrogen) atoms. The summed E-state index contributed by atoms with van der Waals surface area (Å²) in [6.45, 7) is 5.21. The van der Waals surface area contributed by atoms with Crippen molar-refractivity contribution in [2.24, 2.45) is 0 Å². The lowest BCUT2D eigenvalue weighted by atomic mass is 10.1. The van der Waals surface area contributed by atoms with Crippen LogP contribution in [-0.4, -0.2) is 13.6 Å². The molecule has 0 amide bonds. The molecule has 1 heterocycles. The first kappa shape index (κ1) is 15.8. The Hall–Kier alpha value is -1.57. The molecule has 3 N–H and O–H groups in total. The molecule has 0 bridgehead atoms. The Kier molecular flexibility index (Phi) is 4.27. The number of nitrogens with two attached hydrogens (primary N) is 1. The van der Waals surface area contributed by atoms with E-state index >= 15 is 0 Å². The first-order valence-corrected chi connectivity index (χ1v) is 8.08. The van der Waals surface area contributed by atoms with E-state index in [0.29, 0.717) is 22.7 Å². The van der Waals surface area contributed by atoms with Crippen LogP contribution in [0.15, 0.2) is 27.6 Å². The molecule has 0 radical (unpaired) electrons. The van der Waals surface area contributed by atoms with E-state index in [1.807, 2.05) is 0 Å². The smallest absolute Gasteiger partial charge is 0.242 e. The summed E-state index contributed by atoms with van der Waals surface area (Å²) in [5.74, 6) is 0.575. The average Bonchev–Trinajstić information content (AvgIpc) is 2.67. The molecule has 0 spiro atoms. The number of aryl methyl sites for hydroxylation is 2. The fourth-order valence-corrected chi connectivity index (χ4v) is 3.97. The van der Waals surface area contributed by atoms with E-state index in [1.54, 1.807) is 20.8 Å². The van der Waals surface area contributed by atoms with E-state index < -0.39 is 16.1 Å². The predicted molar refractivity (Wildman–Crippen MR) is 80.6 cm³/mol. The van der Waals surface area contributed by atoms with Gasteiger partial charge in [0.15, 0.2) is 0 Å². The lowest BCUT2D eigenvalue weighted by Gasteiger charge is -2.15. The van der Waals surface area contributed by atoms with Gasteiger partial charge in [0.2, 0.25) is 10.0 Å². The molecule has 0 aliphatic rings. The number of nitrogens with one attached hydrogen (secondary N) is 1. The lowest BCUT2D eigenvalue weighted by molar-refractivity contribution is 0.391. The van der Waals surface area contributed by atoms with E-state index in [9.17, 15) is 8.42 Å². The van der Waals surface area contributed by atoms with Gasteiger partial charge >= 0.3 is 0 Å². The third-order valence-electron chi connectivity index (χ3n) is 3.10. The van der Waals surface area contributed by atoms with Crippen molar-refractivity contribution in [2.45, 2.75) is 31.7 Å². The zero-order valence-corrected chi connectivity index (χ0v) is 13.4. The fraction of sp³-hybridized carbons (Fsp3) is 0.308. The van der Waals surface area contributed by atoms with Crippen molar-refractivity contribution >= 4 is 27.3 Å². The van der Waals surface area contributed by atoms with Crippen LogP contribution in [0.5, 0.6) is 0 Å². The molecule has 1 atom stereocenters. The third kappa shape index (κ3) is 3.20. The number of halogens is 1. The highest BCUT2D eigenvalue weighted by atomic mass is 35.5. The van der Waals surface area contributed by atoms with Crippen LogP contribution in [0.3, 0.4) is 0 Å². The van der Waals surface area contributed by atoms with Crippen LogP contribution < -0.4 is 10.5 Å². The number of hydrogen-bond donors (Lipinski definition) is 2. The van der Waals surface area contributed by atoms with Gasteiger partial charge in [0.05, 0.1) is 10.7 Å². The molecule has 114 valence electrons. The molecule has 0 fully saturated rings. The van der Waals surface area contributed by atoms with E-state index in [0.717, 1.165) is 0 Å². The highest BCUT2D eigenvalue weighted by Crippen LogP contribution is 2.27. The second-order valence-electron chi connectivity index (χ2n) is 4.77. The number of nitrogen functional groups attached to an aromatic ring is 1. The third-order valence-corrected chi connectivity index (χ3v) is 5.12. The number of benzene rings is 1. The molecule has 0 aliphatic carbocycles. The van der Waals surface area contributed by atoms with E-state index in [4.69, 9.17) is 21.9 Å². The molecular weight excluding hydrogens is 314 g/mol. The van der Waals surface area contributed by atoms with E-state index in [2.05, 4.69) is 9.88 Å². The number of hydrogen-bond acceptors (Lipinski definition) is 5. The molecule has 1 unspecified atom stereocenters. The maximum absolute atomic E-state index is 12.4. The minimum Gasteiger partial charge on any atom is -0.399 e. The standard InChI is InChI=1S/C13H16ClN3O3S/c1-7-13(9(3)20-16-7)8(2)17-21(18,19)12-5-4-10(15)6-11(12)14/h4-6,8,17H,15H2,1-3H3. The van der Waals surface area contributed by atoms with Crippen molar-refractivity contribution in [1.82, 2.24) is 9.88 Å². The zero-order chi connectivity index (χ0) is 15.8. The number of rotatable bonds is 4. The molecule has 0 aliphatic heterocycles. The molecule has 6 nitrogen and oxygen atoms in total. The highest BCUT2D eigenvalue weighted by molar-refractivity contribution is 7.89. The van der Waals surface area contributed by atoms with Crippen LogP contribution in [0.4, 0.5) is 5.69 Å². The normalized spacial score (nSPS) is 13.3. The minimum atomic E-state index is -3.77. The van der Waals surface area contributed by atoms with Crippen LogP contribution in [0.25, 0.3) is 0 Å². The van der Waals surface area contributed by atoms with Crippen molar-refractivity contribution in [3.63, 3.8) is 0 Å². The summed E-state index contributed by atoms with van der Waals surface area (Å²) in [6.07, 6.45) is 0. The Balaban J connectivity index is 2.33. The van der Waals surface area contributed by atoms with Gasteiger partial charge in [-0.2, -0.15) is 0 Å². The van der Waals surface area contributed by atoms with Gasteiger partial charge in [-0.1, -0.05) is 16.8 Å². The first-order valence-electron chi connectivity index (χ1n) is 6.22. The van der Waals surface area contributed by atoms with Gasteiger partial charge < -0.3 is 10.3 Å². The average molecular weight is 330 g/mol. The lowest BCUT2D eigenvalue weighted by Crippen LogP contribution is -2.27. The summed E-state index contributed by atoms with van der Waals surface area (Å²) < 4.78 is 32.4. The largest absolute Gasteiger partial charge is 0.399 e. The van der Waals surface area contributed by atoms with Crippen molar-refractivity contribution in [2.75, 3.05) is 5.73 Å². The highest BCUT2D eigenvalue weighted by Gasteiger charge is 2.24. The van der Waals surface area contributed by atoms with Crippen LogP contribution >= 0.6 is 11.6 Å². The monoisotopic (exact) mass is 329 g/mol. The Morgan fingerprint density at radius 2 is 2.05 bits per heavy atom. The first-order chi connectivity index (χ1) is 9.72. The van der Waals surface area contributed by atoms with Gasteiger partial charge in [-0.15, -0.1) is 0 Å². The molecular formula is C13H16ClN3O3S. The Bertz CT molecular complexity index is 751. The zero-order valence-electron chi connectivity index (χ0n) is 11.8. The SMILES string of the molecule is Cc1noc(C)c1C(C)NS(=O)(=O)c1ccc(N)cc1Cl. The molecule has 2 rings (SSSR count). The fourth-order valence-electron chi connectivity index (χ4n) is 2.20. The number of nitrogens with zero attached hydrogens (tertiary/aromatic N) is 1. The summed E-state index contributed by atoms with van der Waals surface area (Å²) in [6, 6.07) is 3.77. The van der Waals surface area contributed by atoms with Crippen LogP contribution in [-0.2, 0) is 10.0 Å². The quantitative estimate of drug-likeness (QED) is 0.840. The van der Waals surface area contributed by atoms with Gasteiger partial charge in [-0.3, -0.25) is 0 Å². The van der Waals surface area contributed by atoms with Crippen LogP contribution in [0.2, 0.25) is 5.02 Å².